The minimum atomic E-state index is -0.452. The van der Waals surface area contributed by atoms with Gasteiger partial charge in [-0.05, 0) is 49.7 Å². The van der Waals surface area contributed by atoms with Gasteiger partial charge in [0.05, 0.1) is 11.6 Å². The number of carbonyl (C=O) groups is 3. The highest BCUT2D eigenvalue weighted by Gasteiger charge is 2.35. The van der Waals surface area contributed by atoms with Gasteiger partial charge in [0.2, 0.25) is 11.8 Å². The number of amides is 2. The third-order valence-corrected chi connectivity index (χ3v) is 5.40. The van der Waals surface area contributed by atoms with Crippen LogP contribution in [0.5, 0.6) is 0 Å². The van der Waals surface area contributed by atoms with Crippen molar-refractivity contribution in [2.45, 2.75) is 20.3 Å². The number of hydrogen-bond donors (Lipinski definition) is 1. The van der Waals surface area contributed by atoms with E-state index in [1.165, 1.54) is 6.92 Å². The zero-order valence-corrected chi connectivity index (χ0v) is 16.2. The van der Waals surface area contributed by atoms with Crippen molar-refractivity contribution >= 4 is 44.9 Å². The van der Waals surface area contributed by atoms with Gasteiger partial charge in [-0.3, -0.25) is 14.4 Å². The number of nitrogens with one attached hydrogen (secondary N) is 1. The second kappa shape index (κ2) is 7.41. The Balaban J connectivity index is 1.75. The number of anilines is 2. The van der Waals surface area contributed by atoms with Crippen LogP contribution in [-0.2, 0) is 9.59 Å². The van der Waals surface area contributed by atoms with Gasteiger partial charge in [-0.25, -0.2) is 0 Å². The van der Waals surface area contributed by atoms with Crippen molar-refractivity contribution in [1.82, 2.24) is 0 Å². The summed E-state index contributed by atoms with van der Waals surface area (Å²) in [6.07, 6.45) is 0.156. The van der Waals surface area contributed by atoms with E-state index in [0.29, 0.717) is 17.8 Å². The van der Waals surface area contributed by atoms with E-state index in [0.717, 1.165) is 15.7 Å². The Bertz CT molecular complexity index is 894. The van der Waals surface area contributed by atoms with Crippen LogP contribution in [-0.4, -0.2) is 24.1 Å². The molecule has 0 saturated carbocycles. The zero-order chi connectivity index (χ0) is 18.8. The summed E-state index contributed by atoms with van der Waals surface area (Å²) >= 11 is 3.45. The fourth-order valence-electron chi connectivity index (χ4n) is 3.06. The lowest BCUT2D eigenvalue weighted by Crippen LogP contribution is -2.28. The van der Waals surface area contributed by atoms with Crippen molar-refractivity contribution in [3.8, 4) is 0 Å². The third kappa shape index (κ3) is 3.70. The topological polar surface area (TPSA) is 66.5 Å². The number of para-hydroxylation sites is 1. The van der Waals surface area contributed by atoms with Crippen molar-refractivity contribution in [2.75, 3.05) is 16.8 Å². The third-order valence-electron chi connectivity index (χ3n) is 4.51. The number of halogens is 1. The molecule has 134 valence electrons. The van der Waals surface area contributed by atoms with E-state index in [1.807, 2.05) is 25.1 Å². The SMILES string of the molecule is CC(=O)c1ccccc1NC(=O)C1CC(=O)N(c2ccc(Br)c(C)c2)C1. The molecule has 1 unspecified atom stereocenters. The van der Waals surface area contributed by atoms with Gasteiger partial charge in [-0.1, -0.05) is 28.1 Å². The summed E-state index contributed by atoms with van der Waals surface area (Å²) in [6.45, 7) is 3.74. The summed E-state index contributed by atoms with van der Waals surface area (Å²) < 4.78 is 0.975. The Morgan fingerprint density at radius 3 is 2.62 bits per heavy atom. The standard InChI is InChI=1S/C20H19BrN2O3/c1-12-9-15(7-8-17(12)21)23-11-14(10-19(23)25)20(26)22-18-6-4-3-5-16(18)13(2)24/h3-9,14H,10-11H2,1-2H3,(H,22,26). The molecule has 0 aliphatic carbocycles. The number of aryl methyl sites for hydroxylation is 1. The molecule has 1 heterocycles. The zero-order valence-electron chi connectivity index (χ0n) is 14.6. The molecule has 5 nitrogen and oxygen atoms in total. The Hall–Kier alpha value is -2.47. The number of Topliss-reactive ketones (excluding diaryl/α,β-unsaturated/α-hetero) is 1. The van der Waals surface area contributed by atoms with Crippen LogP contribution in [0.25, 0.3) is 0 Å². The van der Waals surface area contributed by atoms with Gasteiger partial charge < -0.3 is 10.2 Å². The smallest absolute Gasteiger partial charge is 0.229 e. The molecule has 1 saturated heterocycles. The van der Waals surface area contributed by atoms with Crippen molar-refractivity contribution in [3.05, 3.63) is 58.1 Å². The molecule has 1 atom stereocenters. The molecular formula is C20H19BrN2O3. The molecule has 2 aromatic rings. The molecular weight excluding hydrogens is 396 g/mol. The lowest BCUT2D eigenvalue weighted by molar-refractivity contribution is -0.122. The van der Waals surface area contributed by atoms with Crippen molar-refractivity contribution < 1.29 is 14.4 Å². The second-order valence-corrected chi connectivity index (χ2v) is 7.28. The summed E-state index contributed by atoms with van der Waals surface area (Å²) in [5.74, 6) is -0.892. The highest BCUT2D eigenvalue weighted by Crippen LogP contribution is 2.29. The molecule has 0 bridgehead atoms. The van der Waals surface area contributed by atoms with Crippen LogP contribution in [0.15, 0.2) is 46.9 Å². The number of nitrogens with zero attached hydrogens (tertiary/aromatic N) is 1. The van der Waals surface area contributed by atoms with E-state index < -0.39 is 5.92 Å². The quantitative estimate of drug-likeness (QED) is 0.770. The van der Waals surface area contributed by atoms with E-state index in [4.69, 9.17) is 0 Å². The maximum absolute atomic E-state index is 12.6. The predicted molar refractivity (Wildman–Crippen MR) is 104 cm³/mol. The molecule has 3 rings (SSSR count). The first kappa shape index (κ1) is 18.3. The number of carbonyl (C=O) groups excluding carboxylic acids is 3. The molecule has 2 amide bonds. The van der Waals surface area contributed by atoms with Crippen LogP contribution < -0.4 is 10.2 Å². The predicted octanol–water partition coefficient (Wildman–Crippen LogP) is 3.95. The number of rotatable bonds is 4. The number of ketones is 1. The lowest BCUT2D eigenvalue weighted by atomic mass is 10.1. The minimum absolute atomic E-state index is 0.0771. The van der Waals surface area contributed by atoms with Gasteiger partial charge >= 0.3 is 0 Å². The summed E-state index contributed by atoms with van der Waals surface area (Å²) in [6, 6.07) is 12.6. The summed E-state index contributed by atoms with van der Waals surface area (Å²) in [7, 11) is 0. The fourth-order valence-corrected chi connectivity index (χ4v) is 3.31. The molecule has 0 radical (unpaired) electrons. The van der Waals surface area contributed by atoms with Crippen molar-refractivity contribution in [1.29, 1.82) is 0 Å². The number of benzene rings is 2. The first-order valence-corrected chi connectivity index (χ1v) is 9.13. The Morgan fingerprint density at radius 1 is 1.19 bits per heavy atom. The highest BCUT2D eigenvalue weighted by atomic mass is 79.9. The van der Waals surface area contributed by atoms with Crippen molar-refractivity contribution in [3.63, 3.8) is 0 Å². The first-order chi connectivity index (χ1) is 12.4. The van der Waals surface area contributed by atoms with Crippen molar-refractivity contribution in [2.24, 2.45) is 5.92 Å². The van der Waals surface area contributed by atoms with Gasteiger partial charge in [0.15, 0.2) is 5.78 Å². The number of hydrogen-bond acceptors (Lipinski definition) is 3. The van der Waals surface area contributed by atoms with Crippen LogP contribution in [0.3, 0.4) is 0 Å². The second-order valence-electron chi connectivity index (χ2n) is 6.43. The van der Waals surface area contributed by atoms with Crippen LogP contribution in [0.1, 0.15) is 29.3 Å². The van der Waals surface area contributed by atoms with Gasteiger partial charge in [-0.2, -0.15) is 0 Å². The first-order valence-electron chi connectivity index (χ1n) is 8.34. The van der Waals surface area contributed by atoms with E-state index in [-0.39, 0.29) is 24.0 Å². The average molecular weight is 415 g/mol. The lowest BCUT2D eigenvalue weighted by Gasteiger charge is -2.18. The molecule has 1 aliphatic heterocycles. The largest absolute Gasteiger partial charge is 0.325 e. The normalized spacial score (nSPS) is 16.7. The summed E-state index contributed by atoms with van der Waals surface area (Å²) in [4.78, 5) is 38.4. The Morgan fingerprint density at radius 2 is 1.92 bits per heavy atom. The van der Waals surface area contributed by atoms with E-state index >= 15 is 0 Å². The molecule has 6 heteroatoms. The highest BCUT2D eigenvalue weighted by molar-refractivity contribution is 9.10. The van der Waals surface area contributed by atoms with E-state index in [1.54, 1.807) is 29.2 Å². The van der Waals surface area contributed by atoms with Crippen LogP contribution >= 0.6 is 15.9 Å². The molecule has 0 aromatic heterocycles. The van der Waals surface area contributed by atoms with Gasteiger partial charge in [0.1, 0.15) is 0 Å². The molecule has 1 N–H and O–H groups in total. The van der Waals surface area contributed by atoms with Gasteiger partial charge in [0.25, 0.3) is 0 Å². The maximum Gasteiger partial charge on any atom is 0.229 e. The van der Waals surface area contributed by atoms with Gasteiger partial charge in [-0.15, -0.1) is 0 Å². The minimum Gasteiger partial charge on any atom is -0.325 e. The van der Waals surface area contributed by atoms with E-state index in [2.05, 4.69) is 21.2 Å². The van der Waals surface area contributed by atoms with Gasteiger partial charge in [0, 0.05) is 28.7 Å². The Kier molecular flexibility index (Phi) is 5.23. The monoisotopic (exact) mass is 414 g/mol. The van der Waals surface area contributed by atoms with E-state index in [9.17, 15) is 14.4 Å². The van der Waals surface area contributed by atoms with Crippen LogP contribution in [0.4, 0.5) is 11.4 Å². The summed E-state index contributed by atoms with van der Waals surface area (Å²) in [5.41, 5.74) is 2.76. The Labute approximate surface area is 160 Å². The molecule has 1 fully saturated rings. The molecule has 1 aliphatic rings. The summed E-state index contributed by atoms with van der Waals surface area (Å²) in [5, 5.41) is 2.80. The molecule has 26 heavy (non-hydrogen) atoms. The van der Waals surface area contributed by atoms with Crippen LogP contribution in [0.2, 0.25) is 0 Å². The van der Waals surface area contributed by atoms with Crippen LogP contribution in [0, 0.1) is 12.8 Å². The maximum atomic E-state index is 12.6. The molecule has 2 aromatic carbocycles. The average Bonchev–Trinajstić information content (AvgIpc) is 2.99. The molecule has 0 spiro atoms. The fraction of sp³-hybridized carbons (Fsp3) is 0.250.